The van der Waals surface area contributed by atoms with E-state index in [2.05, 4.69) is 33.3 Å². The van der Waals surface area contributed by atoms with Crippen LogP contribution < -0.4 is 14.5 Å². The van der Waals surface area contributed by atoms with E-state index in [0.717, 1.165) is 5.56 Å². The molecule has 1 amide bonds. The summed E-state index contributed by atoms with van der Waals surface area (Å²) in [4.78, 5) is 43.0. The topological polar surface area (TPSA) is 116 Å². The Morgan fingerprint density at radius 1 is 1.17 bits per heavy atom. The van der Waals surface area contributed by atoms with E-state index in [1.807, 2.05) is 36.4 Å². The van der Waals surface area contributed by atoms with Crippen molar-refractivity contribution in [1.29, 1.82) is 0 Å². The lowest BCUT2D eigenvalue weighted by Gasteiger charge is -2.36. The number of nitrogens with zero attached hydrogens (tertiary/aromatic N) is 6. The van der Waals surface area contributed by atoms with Crippen LogP contribution in [-0.4, -0.2) is 77.3 Å². The molecule has 0 atom stereocenters. The number of pyridine rings is 1. The van der Waals surface area contributed by atoms with Crippen LogP contribution in [0.15, 0.2) is 77.7 Å². The number of methoxy groups -OCH3 is 1. The summed E-state index contributed by atoms with van der Waals surface area (Å²) in [5.41, 5.74) is 2.09. The van der Waals surface area contributed by atoms with E-state index >= 15 is 0 Å². The van der Waals surface area contributed by atoms with Gasteiger partial charge >= 0.3 is 0 Å². The molecule has 0 bridgehead atoms. The van der Waals surface area contributed by atoms with E-state index < -0.39 is 11.7 Å². The number of hydrogen-bond acceptors (Lipinski definition) is 9. The zero-order chi connectivity index (χ0) is 29.4. The Labute approximate surface area is 246 Å². The molecule has 6 rings (SSSR count). The van der Waals surface area contributed by atoms with Gasteiger partial charge in [-0.15, -0.1) is 0 Å². The summed E-state index contributed by atoms with van der Waals surface area (Å²) in [6, 6.07) is 13.0. The first-order chi connectivity index (χ1) is 20.4. The monoisotopic (exact) mass is 583 g/mol. The van der Waals surface area contributed by atoms with Crippen molar-refractivity contribution >= 4 is 58.3 Å². The number of ether oxygens (including phenoxy) is 2. The van der Waals surface area contributed by atoms with Crippen LogP contribution in [-0.2, 0) is 4.79 Å². The zero-order valence-corrected chi connectivity index (χ0v) is 23.5. The Hall–Kier alpha value is -5.16. The molecule has 4 aromatic rings. The van der Waals surface area contributed by atoms with Crippen LogP contribution in [0.5, 0.6) is 17.2 Å². The molecular weight excluding hydrogens is 558 g/mol. The lowest BCUT2D eigenvalue weighted by molar-refractivity contribution is -0.127. The van der Waals surface area contributed by atoms with Crippen LogP contribution in [0.4, 0.5) is 11.5 Å². The molecule has 12 heteroatoms. The average molecular weight is 584 g/mol. The molecule has 1 N–H and O–H groups in total. The number of hydrogen-bond donors (Lipinski definition) is 1. The summed E-state index contributed by atoms with van der Waals surface area (Å²) in [6.07, 6.45) is 4.38. The fraction of sp³-hybridized carbons (Fsp3) is 0.167. The number of benzene rings is 2. The molecule has 1 fully saturated rings. The third-order valence-corrected chi connectivity index (χ3v) is 7.45. The number of H-pyrrole nitrogens is 1. The molecule has 11 nitrogen and oxygen atoms in total. The summed E-state index contributed by atoms with van der Waals surface area (Å²) in [5, 5.41) is 6.22. The first-order valence-corrected chi connectivity index (χ1v) is 13.5. The number of halogens is 1. The second-order valence-corrected chi connectivity index (χ2v) is 9.96. The number of aromatic amines is 1. The van der Waals surface area contributed by atoms with Gasteiger partial charge in [-0.2, -0.15) is 5.10 Å². The first kappa shape index (κ1) is 27.0. The van der Waals surface area contributed by atoms with E-state index in [-0.39, 0.29) is 5.56 Å². The molecule has 0 saturated carbocycles. The molecule has 0 unspecified atom stereocenters. The number of hydrazone groups is 1. The van der Waals surface area contributed by atoms with Gasteiger partial charge in [-0.1, -0.05) is 30.3 Å². The van der Waals surface area contributed by atoms with Gasteiger partial charge < -0.3 is 24.3 Å². The van der Waals surface area contributed by atoms with Gasteiger partial charge in [0.25, 0.3) is 11.7 Å². The van der Waals surface area contributed by atoms with Crippen molar-refractivity contribution in [2.45, 2.75) is 0 Å². The summed E-state index contributed by atoms with van der Waals surface area (Å²) >= 11 is 6.35. The number of carbonyl (C=O) groups is 2. The highest BCUT2D eigenvalue weighted by molar-refractivity contribution is 6.45. The Kier molecular flexibility index (Phi) is 7.09. The first-order valence-electron chi connectivity index (χ1n) is 13.1. The Balaban J connectivity index is 1.26. The smallest absolute Gasteiger partial charge is 0.295 e. The van der Waals surface area contributed by atoms with E-state index in [1.54, 1.807) is 11.0 Å². The molecule has 1 saturated heterocycles. The van der Waals surface area contributed by atoms with Crippen molar-refractivity contribution in [3.05, 3.63) is 83.8 Å². The Bertz CT molecular complexity index is 1770. The zero-order valence-electron chi connectivity index (χ0n) is 22.7. The molecule has 2 aromatic heterocycles. The standard InChI is InChI=1S/C30H26ClN7O4/c1-4-38(32-2)29-26-25(24(41-3)17-34-29)20(16-33-26)27(39)30(40)37-13-11-36(12-14-37)28-19-15-18(31)9-10-22(19)42-23-8-6-5-7-21(23)35-28/h4-10,15-17,33H,1-2,11-14H2,3H3. The van der Waals surface area contributed by atoms with Gasteiger partial charge in [0, 0.05) is 50.3 Å². The largest absolute Gasteiger partial charge is 0.494 e. The predicted molar refractivity (Wildman–Crippen MR) is 162 cm³/mol. The maximum atomic E-state index is 13.5. The number of anilines is 1. The second-order valence-electron chi connectivity index (χ2n) is 9.53. The SMILES string of the molecule is C=CN(N=C)c1ncc(OC)c2c(C(=O)C(=O)N3CCN(C4=Nc5ccccc5Oc5ccc(Cl)cc54)CC3)c[nH]c12. The number of amides is 1. The number of carbonyl (C=O) groups excluding carboxylic acids is 2. The predicted octanol–water partition coefficient (Wildman–Crippen LogP) is 5.00. The van der Waals surface area contributed by atoms with Crippen LogP contribution in [0.2, 0.25) is 5.02 Å². The summed E-state index contributed by atoms with van der Waals surface area (Å²) in [6.45, 7) is 8.79. The third-order valence-electron chi connectivity index (χ3n) is 7.22. The third kappa shape index (κ3) is 4.63. The normalized spacial score (nSPS) is 14.2. The molecule has 0 spiro atoms. The van der Waals surface area contributed by atoms with Crippen LogP contribution in [0.1, 0.15) is 15.9 Å². The number of Topliss-reactive ketones (excluding diaryl/α,β-unsaturated/α-hetero) is 1. The average Bonchev–Trinajstić information content (AvgIpc) is 3.40. The number of aromatic nitrogens is 2. The van der Waals surface area contributed by atoms with Gasteiger partial charge in [0.05, 0.1) is 35.3 Å². The molecule has 2 aliphatic rings. The van der Waals surface area contributed by atoms with Crippen LogP contribution in [0, 0.1) is 0 Å². The minimum Gasteiger partial charge on any atom is -0.494 e. The van der Waals surface area contributed by atoms with Crippen molar-refractivity contribution in [2.24, 2.45) is 10.1 Å². The van der Waals surface area contributed by atoms with E-state index in [9.17, 15) is 9.59 Å². The van der Waals surface area contributed by atoms with Crippen molar-refractivity contribution in [3.63, 3.8) is 0 Å². The maximum Gasteiger partial charge on any atom is 0.295 e. The maximum absolute atomic E-state index is 13.5. The molecule has 42 heavy (non-hydrogen) atoms. The van der Waals surface area contributed by atoms with Crippen molar-refractivity contribution in [3.8, 4) is 17.2 Å². The number of fused-ring (bicyclic) bond motifs is 3. The molecule has 2 aliphatic heterocycles. The number of amidine groups is 1. The van der Waals surface area contributed by atoms with E-state index in [0.29, 0.717) is 76.7 Å². The highest BCUT2D eigenvalue weighted by atomic mass is 35.5. The minimum atomic E-state index is -0.659. The van der Waals surface area contributed by atoms with Gasteiger partial charge in [0.2, 0.25) is 0 Å². The summed E-state index contributed by atoms with van der Waals surface area (Å²) in [5.74, 6) is 1.41. The quantitative estimate of drug-likeness (QED) is 0.147. The molecule has 0 radical (unpaired) electrons. The molecule has 0 aliphatic carbocycles. The van der Waals surface area contributed by atoms with Gasteiger partial charge in [0.15, 0.2) is 11.6 Å². The summed E-state index contributed by atoms with van der Waals surface area (Å²) in [7, 11) is 1.47. The fourth-order valence-corrected chi connectivity index (χ4v) is 5.31. The van der Waals surface area contributed by atoms with Crippen LogP contribution in [0.3, 0.4) is 0 Å². The van der Waals surface area contributed by atoms with Gasteiger partial charge in [0.1, 0.15) is 23.0 Å². The molecule has 4 heterocycles. The highest BCUT2D eigenvalue weighted by Crippen LogP contribution is 2.39. The number of para-hydroxylation sites is 2. The number of piperazine rings is 1. The lowest BCUT2D eigenvalue weighted by Crippen LogP contribution is -2.52. The fourth-order valence-electron chi connectivity index (χ4n) is 5.14. The second kappa shape index (κ2) is 11.0. The van der Waals surface area contributed by atoms with Gasteiger partial charge in [-0.25, -0.2) is 15.0 Å². The molecule has 2 aromatic carbocycles. The Morgan fingerprint density at radius 3 is 2.69 bits per heavy atom. The highest BCUT2D eigenvalue weighted by Gasteiger charge is 2.32. The van der Waals surface area contributed by atoms with Crippen molar-refractivity contribution in [1.82, 2.24) is 19.8 Å². The van der Waals surface area contributed by atoms with E-state index in [1.165, 1.54) is 30.7 Å². The van der Waals surface area contributed by atoms with Gasteiger partial charge in [-0.05, 0) is 30.3 Å². The number of aliphatic imine (C=N–C) groups is 1. The summed E-state index contributed by atoms with van der Waals surface area (Å²) < 4.78 is 11.6. The minimum absolute atomic E-state index is 0.177. The number of nitrogens with one attached hydrogen (secondary N) is 1. The van der Waals surface area contributed by atoms with Crippen LogP contribution >= 0.6 is 11.6 Å². The number of rotatable bonds is 6. The Morgan fingerprint density at radius 2 is 1.95 bits per heavy atom. The number of ketones is 1. The lowest BCUT2D eigenvalue weighted by atomic mass is 10.1. The molecular formula is C30H26ClN7O4. The molecule has 212 valence electrons. The van der Waals surface area contributed by atoms with Gasteiger partial charge in [-0.3, -0.25) is 9.59 Å². The van der Waals surface area contributed by atoms with Crippen molar-refractivity contribution in [2.75, 3.05) is 38.3 Å². The van der Waals surface area contributed by atoms with Crippen molar-refractivity contribution < 1.29 is 19.1 Å². The van der Waals surface area contributed by atoms with E-state index in [4.69, 9.17) is 26.1 Å². The van der Waals surface area contributed by atoms with Crippen LogP contribution in [0.25, 0.3) is 10.9 Å².